The summed E-state index contributed by atoms with van der Waals surface area (Å²) in [6.45, 7) is 29.4. The quantitative estimate of drug-likeness (QED) is 0.298. The third-order valence-electron chi connectivity index (χ3n) is 5.85. The molecule has 0 aromatic heterocycles. The van der Waals surface area contributed by atoms with Crippen molar-refractivity contribution in [1.82, 2.24) is 0 Å². The first-order valence-electron chi connectivity index (χ1n) is 11.1. The van der Waals surface area contributed by atoms with Crippen LogP contribution in [0.15, 0.2) is 36.5 Å². The molecule has 0 amide bonds. The summed E-state index contributed by atoms with van der Waals surface area (Å²) in [5.74, 6) is 0.601. The summed E-state index contributed by atoms with van der Waals surface area (Å²) in [7, 11) is 0. The largest absolute Gasteiger partial charge is 0.103 e. The van der Waals surface area contributed by atoms with Gasteiger partial charge in [0.2, 0.25) is 0 Å². The Balaban J connectivity index is 4.65. The molecule has 0 heteroatoms. The molecule has 0 rings (SSSR count). The topological polar surface area (TPSA) is 0 Å². The summed E-state index contributed by atoms with van der Waals surface area (Å²) >= 11 is 0. The molecule has 0 aliphatic carbocycles. The van der Waals surface area contributed by atoms with Gasteiger partial charge < -0.3 is 0 Å². The van der Waals surface area contributed by atoms with Crippen molar-refractivity contribution in [3.05, 3.63) is 36.5 Å². The Morgan fingerprint density at radius 2 is 1.44 bits per heavy atom. The van der Waals surface area contributed by atoms with E-state index in [0.717, 1.165) is 6.42 Å². The van der Waals surface area contributed by atoms with Crippen LogP contribution in [-0.2, 0) is 0 Å². The molecule has 0 nitrogen and oxygen atoms in total. The molecule has 0 bridgehead atoms. The monoisotopic (exact) mass is 374 g/mol. The first-order valence-corrected chi connectivity index (χ1v) is 11.1. The Labute approximate surface area is 172 Å². The van der Waals surface area contributed by atoms with Gasteiger partial charge in [-0.25, -0.2) is 0 Å². The minimum Gasteiger partial charge on any atom is -0.103 e. The van der Waals surface area contributed by atoms with Gasteiger partial charge in [-0.15, -0.1) is 6.58 Å². The van der Waals surface area contributed by atoms with Crippen LogP contribution < -0.4 is 0 Å². The number of rotatable bonds is 12. The average Bonchev–Trinajstić information content (AvgIpc) is 2.49. The zero-order chi connectivity index (χ0) is 21.3. The molecule has 0 radical (unpaired) electrons. The molecule has 158 valence electrons. The van der Waals surface area contributed by atoms with Gasteiger partial charge in [0.25, 0.3) is 0 Å². The first kappa shape index (κ1) is 26.2. The molecule has 27 heavy (non-hydrogen) atoms. The molecule has 2 unspecified atom stereocenters. The Morgan fingerprint density at radius 1 is 0.889 bits per heavy atom. The van der Waals surface area contributed by atoms with Crippen molar-refractivity contribution in [3.8, 4) is 0 Å². The molecule has 0 aromatic rings. The summed E-state index contributed by atoms with van der Waals surface area (Å²) in [5, 5.41) is 0. The van der Waals surface area contributed by atoms with Gasteiger partial charge in [-0.05, 0) is 87.4 Å². The van der Waals surface area contributed by atoms with Gasteiger partial charge in [-0.3, -0.25) is 0 Å². The molecule has 0 saturated heterocycles. The summed E-state index contributed by atoms with van der Waals surface area (Å²) in [4.78, 5) is 0. The van der Waals surface area contributed by atoms with E-state index in [-0.39, 0.29) is 5.41 Å². The van der Waals surface area contributed by atoms with E-state index in [1.165, 1.54) is 50.5 Å². The summed E-state index contributed by atoms with van der Waals surface area (Å²) in [6.07, 6.45) is 14.5. The summed E-state index contributed by atoms with van der Waals surface area (Å²) in [6, 6.07) is 0. The van der Waals surface area contributed by atoms with Gasteiger partial charge in [-0.2, -0.15) is 0 Å². The zero-order valence-corrected chi connectivity index (χ0v) is 20.3. The van der Waals surface area contributed by atoms with Crippen LogP contribution in [0.2, 0.25) is 0 Å². The van der Waals surface area contributed by atoms with Crippen molar-refractivity contribution in [1.29, 1.82) is 0 Å². The van der Waals surface area contributed by atoms with Crippen molar-refractivity contribution in [2.45, 2.75) is 114 Å². The fourth-order valence-electron chi connectivity index (χ4n) is 3.63. The van der Waals surface area contributed by atoms with E-state index < -0.39 is 0 Å². The van der Waals surface area contributed by atoms with E-state index in [1.54, 1.807) is 5.57 Å². The van der Waals surface area contributed by atoms with Gasteiger partial charge >= 0.3 is 0 Å². The second-order valence-corrected chi connectivity index (χ2v) is 11.7. The lowest BCUT2D eigenvalue weighted by atomic mass is 9.73. The highest BCUT2D eigenvalue weighted by molar-refractivity contribution is 5.04. The highest BCUT2D eigenvalue weighted by Gasteiger charge is 2.26. The Kier molecular flexibility index (Phi) is 11.0. The molecule has 0 N–H and O–H groups in total. The van der Waals surface area contributed by atoms with Crippen molar-refractivity contribution in [3.63, 3.8) is 0 Å². The maximum atomic E-state index is 4.29. The smallest absolute Gasteiger partial charge is 0.0141 e. The molecule has 0 aliphatic heterocycles. The minimum atomic E-state index is 0.198. The lowest BCUT2D eigenvalue weighted by molar-refractivity contribution is 0.268. The van der Waals surface area contributed by atoms with E-state index in [0.29, 0.717) is 16.7 Å². The highest BCUT2D eigenvalue weighted by Crippen LogP contribution is 2.38. The lowest BCUT2D eigenvalue weighted by Gasteiger charge is -2.32. The summed E-state index contributed by atoms with van der Waals surface area (Å²) < 4.78 is 0. The molecule has 0 fully saturated rings. The fraction of sp³-hybridized carbons (Fsp3) is 0.778. The molecule has 0 saturated carbocycles. The van der Waals surface area contributed by atoms with Crippen molar-refractivity contribution >= 4 is 0 Å². The van der Waals surface area contributed by atoms with Gasteiger partial charge in [0.15, 0.2) is 0 Å². The normalized spacial score (nSPS) is 16.7. The number of hydrogen-bond donors (Lipinski definition) is 0. The standard InChI is InChI=1S/C27H50/c1-12-27(11,21-24(22(2)3)17-20-26(8,9)10)19-14-16-23(4)15-13-18-25(5,6)7/h12,16,24H,1-2,13-15,17-21H2,3-11H3/b23-16+. The van der Waals surface area contributed by atoms with Gasteiger partial charge in [0.05, 0.1) is 0 Å². The van der Waals surface area contributed by atoms with Crippen molar-refractivity contribution < 1.29 is 0 Å². The SMILES string of the molecule is C=CC(C)(CC/C=C(\C)CCCC(C)(C)C)CC(CCC(C)(C)C)C(=C)C. The molecular formula is C27H50. The molecule has 0 heterocycles. The molecule has 0 spiro atoms. The molecular weight excluding hydrogens is 324 g/mol. The molecule has 2 atom stereocenters. The third kappa shape index (κ3) is 14.0. The van der Waals surface area contributed by atoms with Crippen LogP contribution in [0, 0.1) is 22.2 Å². The Bertz CT molecular complexity index is 477. The van der Waals surface area contributed by atoms with E-state index in [2.05, 4.69) is 87.6 Å². The van der Waals surface area contributed by atoms with E-state index in [9.17, 15) is 0 Å². The molecule has 0 aliphatic rings. The predicted molar refractivity (Wildman–Crippen MR) is 126 cm³/mol. The maximum absolute atomic E-state index is 4.29. The van der Waals surface area contributed by atoms with Crippen LogP contribution >= 0.6 is 0 Å². The fourth-order valence-corrected chi connectivity index (χ4v) is 3.63. The van der Waals surface area contributed by atoms with E-state index in [4.69, 9.17) is 0 Å². The van der Waals surface area contributed by atoms with E-state index >= 15 is 0 Å². The van der Waals surface area contributed by atoms with Crippen LogP contribution in [0.3, 0.4) is 0 Å². The first-order chi connectivity index (χ1) is 12.2. The number of hydrogen-bond acceptors (Lipinski definition) is 0. The van der Waals surface area contributed by atoms with Crippen LogP contribution in [0.1, 0.15) is 114 Å². The Hall–Kier alpha value is -0.780. The van der Waals surface area contributed by atoms with Crippen LogP contribution in [0.5, 0.6) is 0 Å². The van der Waals surface area contributed by atoms with Crippen LogP contribution in [0.25, 0.3) is 0 Å². The maximum Gasteiger partial charge on any atom is -0.0141 e. The third-order valence-corrected chi connectivity index (χ3v) is 5.85. The van der Waals surface area contributed by atoms with Gasteiger partial charge in [0.1, 0.15) is 0 Å². The van der Waals surface area contributed by atoms with Crippen LogP contribution in [-0.4, -0.2) is 0 Å². The zero-order valence-electron chi connectivity index (χ0n) is 20.3. The number of allylic oxidation sites excluding steroid dienone is 4. The second-order valence-electron chi connectivity index (χ2n) is 11.7. The summed E-state index contributed by atoms with van der Waals surface area (Å²) in [5.41, 5.74) is 3.93. The predicted octanol–water partition coefficient (Wildman–Crippen LogP) is 9.53. The average molecular weight is 375 g/mol. The van der Waals surface area contributed by atoms with Gasteiger partial charge in [-0.1, -0.05) is 78.3 Å². The highest BCUT2D eigenvalue weighted by atomic mass is 14.3. The second kappa shape index (κ2) is 11.3. The van der Waals surface area contributed by atoms with Gasteiger partial charge in [0, 0.05) is 0 Å². The van der Waals surface area contributed by atoms with Crippen LogP contribution in [0.4, 0.5) is 0 Å². The van der Waals surface area contributed by atoms with E-state index in [1.807, 2.05) is 0 Å². The van der Waals surface area contributed by atoms with Crippen molar-refractivity contribution in [2.24, 2.45) is 22.2 Å². The van der Waals surface area contributed by atoms with Crippen molar-refractivity contribution in [2.75, 3.05) is 0 Å². The Morgan fingerprint density at radius 3 is 1.89 bits per heavy atom. The molecule has 0 aromatic carbocycles. The minimum absolute atomic E-state index is 0.198. The lowest BCUT2D eigenvalue weighted by Crippen LogP contribution is -2.20.